The van der Waals surface area contributed by atoms with E-state index in [4.69, 9.17) is 15.2 Å². The van der Waals surface area contributed by atoms with Crippen LogP contribution < -0.4 is 21.4 Å². The number of benzene rings is 1. The molecule has 1 aromatic carbocycles. The van der Waals surface area contributed by atoms with Crippen LogP contribution in [0, 0.1) is 0 Å². The Hall–Kier alpha value is -1.35. The van der Waals surface area contributed by atoms with Gasteiger partial charge in [-0.3, -0.25) is 0 Å². The maximum absolute atomic E-state index is 12.7. The topological polar surface area (TPSA) is 117 Å². The quantitative estimate of drug-likeness (QED) is 0.855. The van der Waals surface area contributed by atoms with Gasteiger partial charge in [-0.1, -0.05) is 0 Å². The molecule has 0 radical (unpaired) electrons. The number of hydrogen-bond donors (Lipinski definition) is 2. The second-order valence-corrected chi connectivity index (χ2v) is 6.66. The van der Waals surface area contributed by atoms with E-state index in [-0.39, 0.29) is 17.1 Å². The summed E-state index contributed by atoms with van der Waals surface area (Å²) >= 11 is 0. The lowest BCUT2D eigenvalue weighted by atomic mass is 10.1. The van der Waals surface area contributed by atoms with E-state index in [0.717, 1.165) is 0 Å². The zero-order chi connectivity index (χ0) is 14.8. The van der Waals surface area contributed by atoms with Gasteiger partial charge in [0, 0.05) is 25.2 Å². The fourth-order valence-corrected chi connectivity index (χ4v) is 3.88. The van der Waals surface area contributed by atoms with Crippen molar-refractivity contribution in [1.82, 2.24) is 10.5 Å². The maximum Gasteiger partial charge on any atom is 0.246 e. The van der Waals surface area contributed by atoms with Crippen molar-refractivity contribution in [1.29, 1.82) is 0 Å². The lowest BCUT2D eigenvalue weighted by Gasteiger charge is -2.29. The molecule has 1 fully saturated rings. The highest BCUT2D eigenvalue weighted by atomic mass is 32.2. The Morgan fingerprint density at radius 2 is 1.81 bits per heavy atom. The summed E-state index contributed by atoms with van der Waals surface area (Å²) in [6.07, 6.45) is 1.34. The number of nitrogens with zero attached hydrogens (tertiary/aromatic N) is 1. The number of sulfonamides is 1. The van der Waals surface area contributed by atoms with Crippen LogP contribution in [0.4, 0.5) is 0 Å². The summed E-state index contributed by atoms with van der Waals surface area (Å²) in [5.41, 5.74) is 5.81. The SMILES string of the molecule is COc1ccc(OC)c(S(=O)(=O)N2CCC(N)CC2)c1.N. The maximum atomic E-state index is 12.7. The Morgan fingerprint density at radius 3 is 2.33 bits per heavy atom. The van der Waals surface area contributed by atoms with Gasteiger partial charge in [0.1, 0.15) is 16.4 Å². The summed E-state index contributed by atoms with van der Waals surface area (Å²) < 4.78 is 37.1. The van der Waals surface area contributed by atoms with Crippen molar-refractivity contribution in [3.63, 3.8) is 0 Å². The van der Waals surface area contributed by atoms with Gasteiger partial charge in [-0.2, -0.15) is 4.31 Å². The molecular weight excluding hydrogens is 294 g/mol. The molecule has 0 spiro atoms. The largest absolute Gasteiger partial charge is 0.497 e. The normalized spacial score (nSPS) is 17.1. The van der Waals surface area contributed by atoms with Crippen LogP contribution >= 0.6 is 0 Å². The highest BCUT2D eigenvalue weighted by Crippen LogP contribution is 2.31. The molecule has 1 aliphatic rings. The number of hydrogen-bond acceptors (Lipinski definition) is 6. The highest BCUT2D eigenvalue weighted by Gasteiger charge is 2.31. The molecule has 5 N–H and O–H groups in total. The molecule has 1 aliphatic heterocycles. The minimum atomic E-state index is -3.59. The Balaban J connectivity index is 0.00000220. The van der Waals surface area contributed by atoms with Gasteiger partial charge in [-0.25, -0.2) is 8.42 Å². The third-order valence-electron chi connectivity index (χ3n) is 3.49. The van der Waals surface area contributed by atoms with Gasteiger partial charge < -0.3 is 21.4 Å². The van der Waals surface area contributed by atoms with Gasteiger partial charge in [0.25, 0.3) is 0 Å². The van der Waals surface area contributed by atoms with Crippen LogP contribution in [0.2, 0.25) is 0 Å². The van der Waals surface area contributed by atoms with Crippen molar-refractivity contribution in [2.45, 2.75) is 23.8 Å². The van der Waals surface area contributed by atoms with Gasteiger partial charge >= 0.3 is 0 Å². The zero-order valence-electron chi connectivity index (χ0n) is 12.4. The number of rotatable bonds is 4. The summed E-state index contributed by atoms with van der Waals surface area (Å²) in [5, 5.41) is 0. The van der Waals surface area contributed by atoms with Crippen LogP contribution in [0.5, 0.6) is 11.5 Å². The first-order valence-electron chi connectivity index (χ1n) is 6.47. The van der Waals surface area contributed by atoms with Gasteiger partial charge in [0.05, 0.1) is 14.2 Å². The molecule has 1 heterocycles. The molecule has 0 aromatic heterocycles. The first-order chi connectivity index (χ1) is 9.48. The molecule has 0 aliphatic carbocycles. The average Bonchev–Trinajstić information content (AvgIpc) is 2.47. The molecule has 7 nitrogen and oxygen atoms in total. The third-order valence-corrected chi connectivity index (χ3v) is 5.41. The van der Waals surface area contributed by atoms with Crippen LogP contribution in [0.1, 0.15) is 12.8 Å². The Labute approximate surface area is 125 Å². The summed E-state index contributed by atoms with van der Waals surface area (Å²) in [7, 11) is -0.639. The minimum absolute atomic E-state index is 0. The van der Waals surface area contributed by atoms with Gasteiger partial charge in [0.15, 0.2) is 0 Å². The van der Waals surface area contributed by atoms with Gasteiger partial charge in [0.2, 0.25) is 10.0 Å². The van der Waals surface area contributed by atoms with E-state index in [1.54, 1.807) is 12.1 Å². The molecule has 0 saturated carbocycles. The zero-order valence-corrected chi connectivity index (χ0v) is 13.2. The van der Waals surface area contributed by atoms with E-state index in [2.05, 4.69) is 0 Å². The highest BCUT2D eigenvalue weighted by molar-refractivity contribution is 7.89. The Morgan fingerprint density at radius 1 is 1.19 bits per heavy atom. The van der Waals surface area contributed by atoms with E-state index in [1.165, 1.54) is 24.6 Å². The summed E-state index contributed by atoms with van der Waals surface area (Å²) in [6, 6.07) is 4.84. The third kappa shape index (κ3) is 3.65. The first kappa shape index (κ1) is 17.7. The summed E-state index contributed by atoms with van der Waals surface area (Å²) in [6.45, 7) is 0.869. The molecule has 21 heavy (non-hydrogen) atoms. The van der Waals surface area contributed by atoms with E-state index in [1.807, 2.05) is 0 Å². The number of piperidine rings is 1. The molecule has 0 atom stereocenters. The second kappa shape index (κ2) is 7.08. The minimum Gasteiger partial charge on any atom is -0.497 e. The Bertz CT molecular complexity index is 569. The molecule has 0 bridgehead atoms. The van der Waals surface area contributed by atoms with Crippen LogP contribution in [0.25, 0.3) is 0 Å². The Kier molecular flexibility index (Phi) is 5.97. The van der Waals surface area contributed by atoms with Crippen LogP contribution in [-0.2, 0) is 10.0 Å². The fraction of sp³-hybridized carbons (Fsp3) is 0.538. The summed E-state index contributed by atoms with van der Waals surface area (Å²) in [4.78, 5) is 0.134. The van der Waals surface area contributed by atoms with Crippen LogP contribution in [0.3, 0.4) is 0 Å². The first-order valence-corrected chi connectivity index (χ1v) is 7.91. The van der Waals surface area contributed by atoms with Gasteiger partial charge in [-0.15, -0.1) is 0 Å². The monoisotopic (exact) mass is 317 g/mol. The second-order valence-electron chi connectivity index (χ2n) is 4.76. The molecule has 0 amide bonds. The summed E-state index contributed by atoms with van der Waals surface area (Å²) in [5.74, 6) is 0.804. The predicted octanol–water partition coefficient (Wildman–Crippen LogP) is 0.978. The average molecular weight is 317 g/mol. The molecule has 8 heteroatoms. The van der Waals surface area contributed by atoms with E-state index >= 15 is 0 Å². The predicted molar refractivity (Wildman–Crippen MR) is 80.5 cm³/mol. The smallest absolute Gasteiger partial charge is 0.246 e. The van der Waals surface area contributed by atoms with Crippen molar-refractivity contribution in [2.75, 3.05) is 27.3 Å². The van der Waals surface area contributed by atoms with E-state index in [9.17, 15) is 8.42 Å². The molecule has 1 aromatic rings. The number of methoxy groups -OCH3 is 2. The molecule has 1 saturated heterocycles. The van der Waals surface area contributed by atoms with Crippen molar-refractivity contribution in [3.8, 4) is 11.5 Å². The number of nitrogens with two attached hydrogens (primary N) is 1. The van der Waals surface area contributed by atoms with E-state index < -0.39 is 10.0 Å². The number of ether oxygens (including phenoxy) is 2. The van der Waals surface area contributed by atoms with E-state index in [0.29, 0.717) is 37.4 Å². The van der Waals surface area contributed by atoms with Crippen LogP contribution in [0.15, 0.2) is 23.1 Å². The molecule has 0 unspecified atom stereocenters. The van der Waals surface area contributed by atoms with Crippen molar-refractivity contribution < 1.29 is 17.9 Å². The fourth-order valence-electron chi connectivity index (χ4n) is 2.24. The van der Waals surface area contributed by atoms with Crippen LogP contribution in [-0.4, -0.2) is 46.1 Å². The van der Waals surface area contributed by atoms with Crippen molar-refractivity contribution in [2.24, 2.45) is 5.73 Å². The standard InChI is InChI=1S/C13H20N2O4S.H3N/c1-18-11-3-4-12(19-2)13(9-11)20(16,17)15-7-5-10(14)6-8-15;/h3-4,9-10H,5-8,14H2,1-2H3;1H3. The lowest BCUT2D eigenvalue weighted by Crippen LogP contribution is -2.42. The molecular formula is C13H23N3O4S. The lowest BCUT2D eigenvalue weighted by molar-refractivity contribution is 0.317. The van der Waals surface area contributed by atoms with Gasteiger partial charge in [-0.05, 0) is 25.0 Å². The van der Waals surface area contributed by atoms with Crippen molar-refractivity contribution >= 4 is 10.0 Å². The van der Waals surface area contributed by atoms with Crippen molar-refractivity contribution in [3.05, 3.63) is 18.2 Å². The molecule has 2 rings (SSSR count). The molecule has 120 valence electrons.